The predicted molar refractivity (Wildman–Crippen MR) is 70.4 cm³/mol. The maximum atomic E-state index is 5.72. The molecule has 4 nitrogen and oxygen atoms in total. The Hall–Kier alpha value is -2.10. The van der Waals surface area contributed by atoms with E-state index in [4.69, 9.17) is 5.73 Å². The standard InChI is InChI=1S/C13H16N4/c1-9-4-6-11(7-5-9)17(3)13-8-12(14)15-10(2)16-13/h4-8H,1-3H3,(H2,14,15,16). The van der Waals surface area contributed by atoms with E-state index in [-0.39, 0.29) is 0 Å². The van der Waals surface area contributed by atoms with Crippen LogP contribution in [-0.4, -0.2) is 17.0 Å². The van der Waals surface area contributed by atoms with Crippen molar-refractivity contribution >= 4 is 17.3 Å². The summed E-state index contributed by atoms with van der Waals surface area (Å²) >= 11 is 0. The van der Waals surface area contributed by atoms with Crippen LogP contribution in [0.4, 0.5) is 17.3 Å². The summed E-state index contributed by atoms with van der Waals surface area (Å²) in [6, 6.07) is 10.0. The molecule has 0 unspecified atom stereocenters. The molecule has 1 heterocycles. The number of aryl methyl sites for hydroxylation is 2. The second kappa shape index (κ2) is 4.41. The van der Waals surface area contributed by atoms with Crippen LogP contribution in [0.25, 0.3) is 0 Å². The molecule has 0 spiro atoms. The molecule has 0 saturated heterocycles. The van der Waals surface area contributed by atoms with Gasteiger partial charge in [0.1, 0.15) is 17.5 Å². The van der Waals surface area contributed by atoms with Crippen LogP contribution in [0.5, 0.6) is 0 Å². The average molecular weight is 228 g/mol. The van der Waals surface area contributed by atoms with E-state index in [0.29, 0.717) is 11.6 Å². The van der Waals surface area contributed by atoms with E-state index >= 15 is 0 Å². The smallest absolute Gasteiger partial charge is 0.138 e. The molecule has 1 aromatic heterocycles. The number of rotatable bonds is 2. The summed E-state index contributed by atoms with van der Waals surface area (Å²) < 4.78 is 0. The van der Waals surface area contributed by atoms with Gasteiger partial charge in [0.25, 0.3) is 0 Å². The molecule has 88 valence electrons. The zero-order valence-corrected chi connectivity index (χ0v) is 10.3. The molecule has 0 fully saturated rings. The van der Waals surface area contributed by atoms with Crippen LogP contribution >= 0.6 is 0 Å². The monoisotopic (exact) mass is 228 g/mol. The fourth-order valence-corrected chi connectivity index (χ4v) is 1.65. The molecule has 0 amide bonds. The summed E-state index contributed by atoms with van der Waals surface area (Å²) in [4.78, 5) is 10.4. The maximum Gasteiger partial charge on any atom is 0.138 e. The molecule has 2 rings (SSSR count). The Bertz CT molecular complexity index is 499. The van der Waals surface area contributed by atoms with E-state index in [1.54, 1.807) is 6.07 Å². The van der Waals surface area contributed by atoms with Crippen LogP contribution in [-0.2, 0) is 0 Å². The molecular weight excluding hydrogens is 212 g/mol. The minimum atomic E-state index is 0.492. The van der Waals surface area contributed by atoms with Gasteiger partial charge in [-0.2, -0.15) is 0 Å². The lowest BCUT2D eigenvalue weighted by Gasteiger charge is -2.19. The molecule has 0 bridgehead atoms. The quantitative estimate of drug-likeness (QED) is 0.857. The van der Waals surface area contributed by atoms with E-state index < -0.39 is 0 Å². The van der Waals surface area contributed by atoms with Gasteiger partial charge in [0.2, 0.25) is 0 Å². The maximum absolute atomic E-state index is 5.72. The van der Waals surface area contributed by atoms with Crippen molar-refractivity contribution < 1.29 is 0 Å². The number of benzene rings is 1. The van der Waals surface area contributed by atoms with Crippen molar-refractivity contribution in [1.29, 1.82) is 0 Å². The van der Waals surface area contributed by atoms with Gasteiger partial charge in [-0.25, -0.2) is 9.97 Å². The van der Waals surface area contributed by atoms with Gasteiger partial charge in [0, 0.05) is 18.8 Å². The van der Waals surface area contributed by atoms with E-state index in [2.05, 4.69) is 41.2 Å². The van der Waals surface area contributed by atoms with Crippen molar-refractivity contribution in [2.24, 2.45) is 0 Å². The number of nitrogens with zero attached hydrogens (tertiary/aromatic N) is 3. The Morgan fingerprint density at radius 1 is 1.06 bits per heavy atom. The predicted octanol–water partition coefficient (Wildman–Crippen LogP) is 2.44. The second-order valence-corrected chi connectivity index (χ2v) is 4.09. The molecule has 0 aliphatic rings. The fraction of sp³-hybridized carbons (Fsp3) is 0.231. The molecule has 2 aromatic rings. The summed E-state index contributed by atoms with van der Waals surface area (Å²) in [6.07, 6.45) is 0. The van der Waals surface area contributed by atoms with Gasteiger partial charge in [-0.15, -0.1) is 0 Å². The Labute approximate surface area is 101 Å². The number of nitrogen functional groups attached to an aromatic ring is 1. The minimum Gasteiger partial charge on any atom is -0.384 e. The van der Waals surface area contributed by atoms with Crippen molar-refractivity contribution in [3.8, 4) is 0 Å². The first-order valence-electron chi connectivity index (χ1n) is 5.48. The van der Waals surface area contributed by atoms with Crippen LogP contribution in [0, 0.1) is 13.8 Å². The highest BCUT2D eigenvalue weighted by Gasteiger charge is 2.07. The van der Waals surface area contributed by atoms with Gasteiger partial charge < -0.3 is 10.6 Å². The first-order valence-corrected chi connectivity index (χ1v) is 5.48. The molecule has 17 heavy (non-hydrogen) atoms. The summed E-state index contributed by atoms with van der Waals surface area (Å²) in [5.41, 5.74) is 8.04. The van der Waals surface area contributed by atoms with Crippen molar-refractivity contribution in [2.45, 2.75) is 13.8 Å². The Kier molecular flexibility index (Phi) is 2.95. The van der Waals surface area contributed by atoms with Gasteiger partial charge in [-0.3, -0.25) is 0 Å². The first kappa shape index (κ1) is 11.4. The molecule has 0 atom stereocenters. The highest BCUT2D eigenvalue weighted by molar-refractivity contribution is 5.61. The zero-order valence-electron chi connectivity index (χ0n) is 10.3. The highest BCUT2D eigenvalue weighted by Crippen LogP contribution is 2.22. The van der Waals surface area contributed by atoms with Gasteiger partial charge in [0.05, 0.1) is 0 Å². The number of anilines is 3. The molecule has 0 aliphatic carbocycles. The third kappa shape index (κ3) is 2.53. The lowest BCUT2D eigenvalue weighted by atomic mass is 10.2. The number of hydrogen-bond acceptors (Lipinski definition) is 4. The van der Waals surface area contributed by atoms with Crippen LogP contribution in [0.15, 0.2) is 30.3 Å². The van der Waals surface area contributed by atoms with E-state index in [0.717, 1.165) is 11.5 Å². The van der Waals surface area contributed by atoms with Gasteiger partial charge in [-0.05, 0) is 26.0 Å². The molecule has 0 radical (unpaired) electrons. The summed E-state index contributed by atoms with van der Waals surface area (Å²) in [6.45, 7) is 3.90. The largest absolute Gasteiger partial charge is 0.384 e. The molecule has 2 N–H and O–H groups in total. The molecule has 4 heteroatoms. The average Bonchev–Trinajstić information content (AvgIpc) is 2.28. The van der Waals surface area contributed by atoms with E-state index in [1.807, 2.05) is 18.9 Å². The molecule has 0 saturated carbocycles. The van der Waals surface area contributed by atoms with Gasteiger partial charge in [-0.1, -0.05) is 17.7 Å². The molecular formula is C13H16N4. The van der Waals surface area contributed by atoms with E-state index in [9.17, 15) is 0 Å². The summed E-state index contributed by atoms with van der Waals surface area (Å²) in [7, 11) is 1.96. The lowest BCUT2D eigenvalue weighted by Crippen LogP contribution is -2.12. The third-order valence-corrected chi connectivity index (χ3v) is 2.61. The van der Waals surface area contributed by atoms with Gasteiger partial charge in [0.15, 0.2) is 0 Å². The molecule has 1 aromatic carbocycles. The fourth-order valence-electron chi connectivity index (χ4n) is 1.65. The highest BCUT2D eigenvalue weighted by atomic mass is 15.2. The third-order valence-electron chi connectivity index (χ3n) is 2.61. The Morgan fingerprint density at radius 2 is 1.71 bits per heavy atom. The number of hydrogen-bond donors (Lipinski definition) is 1. The van der Waals surface area contributed by atoms with Crippen molar-refractivity contribution in [3.63, 3.8) is 0 Å². The van der Waals surface area contributed by atoms with Crippen molar-refractivity contribution in [1.82, 2.24) is 9.97 Å². The topological polar surface area (TPSA) is 55.0 Å². The Morgan fingerprint density at radius 3 is 2.29 bits per heavy atom. The number of nitrogens with two attached hydrogens (primary N) is 1. The van der Waals surface area contributed by atoms with Crippen LogP contribution in [0.2, 0.25) is 0 Å². The summed E-state index contributed by atoms with van der Waals surface area (Å²) in [5, 5.41) is 0. The Balaban J connectivity index is 2.36. The van der Waals surface area contributed by atoms with Crippen molar-refractivity contribution in [2.75, 3.05) is 17.7 Å². The van der Waals surface area contributed by atoms with Crippen LogP contribution in [0.1, 0.15) is 11.4 Å². The SMILES string of the molecule is Cc1ccc(N(C)c2cc(N)nc(C)n2)cc1. The summed E-state index contributed by atoms with van der Waals surface area (Å²) in [5.74, 6) is 1.98. The normalized spacial score (nSPS) is 10.3. The van der Waals surface area contributed by atoms with Gasteiger partial charge >= 0.3 is 0 Å². The minimum absolute atomic E-state index is 0.492. The van der Waals surface area contributed by atoms with Crippen LogP contribution in [0.3, 0.4) is 0 Å². The second-order valence-electron chi connectivity index (χ2n) is 4.09. The van der Waals surface area contributed by atoms with E-state index in [1.165, 1.54) is 5.56 Å². The first-order chi connectivity index (χ1) is 8.06. The number of aromatic nitrogens is 2. The van der Waals surface area contributed by atoms with Crippen molar-refractivity contribution in [3.05, 3.63) is 41.7 Å². The van der Waals surface area contributed by atoms with Crippen LogP contribution < -0.4 is 10.6 Å². The lowest BCUT2D eigenvalue weighted by molar-refractivity contribution is 1.02. The zero-order chi connectivity index (χ0) is 12.4. The molecule has 0 aliphatic heterocycles.